The number of imidazole rings is 1. The quantitative estimate of drug-likeness (QED) is 0.360. The van der Waals surface area contributed by atoms with E-state index in [0.717, 1.165) is 43.0 Å². The van der Waals surface area contributed by atoms with Crippen molar-refractivity contribution < 1.29 is 14.4 Å². The van der Waals surface area contributed by atoms with Crippen molar-refractivity contribution in [2.75, 3.05) is 18.4 Å². The molecule has 5 N–H and O–H groups in total. The number of anilines is 1. The maximum Gasteiger partial charge on any atom is 0.248 e. The van der Waals surface area contributed by atoms with E-state index in [1.54, 1.807) is 6.92 Å². The molecule has 0 radical (unpaired) electrons. The molecule has 37 heavy (non-hydrogen) atoms. The molecule has 0 aliphatic carbocycles. The standard InChI is InChI=1S/C14H19NO.C13H17N5O2S/c1-12-7-9-15(10-8-12)14(16)11-13-5-3-2-4-6-13;1-8(14)12(19)17-10(4-9-2-3-21-6-9)13(20)18-11-5-15-7-16-11/h2-6,12H,7-11H2,1H3;2-3,5-8,10H,4,14H2,1H3,(H,15,16)(H,17,19)(H,18,20). The van der Waals surface area contributed by atoms with Gasteiger partial charge in [0.05, 0.1) is 25.0 Å². The van der Waals surface area contributed by atoms with Gasteiger partial charge in [-0.3, -0.25) is 14.4 Å². The largest absolute Gasteiger partial charge is 0.343 e. The zero-order valence-electron chi connectivity index (χ0n) is 21.4. The fourth-order valence-electron chi connectivity index (χ4n) is 3.84. The third kappa shape index (κ3) is 9.47. The number of benzene rings is 1. The molecule has 4 rings (SSSR count). The van der Waals surface area contributed by atoms with Crippen molar-refractivity contribution in [1.82, 2.24) is 20.2 Å². The van der Waals surface area contributed by atoms with Crippen LogP contribution >= 0.6 is 11.3 Å². The molecular weight excluding hydrogens is 488 g/mol. The van der Waals surface area contributed by atoms with Crippen molar-refractivity contribution >= 4 is 34.9 Å². The van der Waals surface area contributed by atoms with Gasteiger partial charge in [0.2, 0.25) is 17.7 Å². The van der Waals surface area contributed by atoms with E-state index in [0.29, 0.717) is 18.7 Å². The summed E-state index contributed by atoms with van der Waals surface area (Å²) in [5.41, 5.74) is 7.63. The van der Waals surface area contributed by atoms with E-state index < -0.39 is 12.1 Å². The van der Waals surface area contributed by atoms with Crippen LogP contribution in [0.4, 0.5) is 5.82 Å². The van der Waals surface area contributed by atoms with Crippen LogP contribution in [-0.4, -0.2) is 57.8 Å². The fourth-order valence-corrected chi connectivity index (χ4v) is 4.52. The monoisotopic (exact) mass is 524 g/mol. The summed E-state index contributed by atoms with van der Waals surface area (Å²) in [5, 5.41) is 9.19. The highest BCUT2D eigenvalue weighted by Gasteiger charge is 2.23. The Morgan fingerprint density at radius 1 is 1.14 bits per heavy atom. The van der Waals surface area contributed by atoms with Crippen LogP contribution in [0.3, 0.4) is 0 Å². The molecule has 0 spiro atoms. The number of carbonyl (C=O) groups is 3. The number of nitrogens with two attached hydrogens (primary N) is 1. The Kier molecular flexibility index (Phi) is 10.8. The zero-order chi connectivity index (χ0) is 26.6. The number of nitrogens with one attached hydrogen (secondary N) is 3. The average Bonchev–Trinajstić information content (AvgIpc) is 3.59. The Bertz CT molecular complexity index is 1090. The van der Waals surface area contributed by atoms with E-state index in [1.165, 1.54) is 23.9 Å². The molecule has 2 atom stereocenters. The topological polar surface area (TPSA) is 133 Å². The van der Waals surface area contributed by atoms with Crippen LogP contribution in [0.1, 0.15) is 37.8 Å². The third-order valence-electron chi connectivity index (χ3n) is 6.16. The smallest absolute Gasteiger partial charge is 0.248 e. The number of thiophene rings is 1. The van der Waals surface area contributed by atoms with Gasteiger partial charge in [0, 0.05) is 19.5 Å². The number of hydrogen-bond donors (Lipinski definition) is 4. The van der Waals surface area contributed by atoms with Gasteiger partial charge < -0.3 is 26.3 Å². The molecule has 3 aromatic rings. The van der Waals surface area contributed by atoms with Gasteiger partial charge in [0.15, 0.2) is 0 Å². The second-order valence-electron chi connectivity index (χ2n) is 9.37. The molecule has 198 valence electrons. The van der Waals surface area contributed by atoms with E-state index >= 15 is 0 Å². The lowest BCUT2D eigenvalue weighted by Gasteiger charge is -2.30. The van der Waals surface area contributed by atoms with Crippen molar-refractivity contribution in [1.29, 1.82) is 0 Å². The average molecular weight is 525 g/mol. The van der Waals surface area contributed by atoms with Crippen LogP contribution in [0, 0.1) is 5.92 Å². The number of nitrogens with zero attached hydrogens (tertiary/aromatic N) is 2. The van der Waals surface area contributed by atoms with Gasteiger partial charge in [0.1, 0.15) is 11.9 Å². The minimum atomic E-state index is -0.693. The second-order valence-corrected chi connectivity index (χ2v) is 10.1. The molecule has 1 aromatic carbocycles. The van der Waals surface area contributed by atoms with E-state index in [-0.39, 0.29) is 17.7 Å². The summed E-state index contributed by atoms with van der Waals surface area (Å²) in [6, 6.07) is 10.5. The van der Waals surface area contributed by atoms with Gasteiger partial charge in [-0.15, -0.1) is 0 Å². The molecule has 1 fully saturated rings. The third-order valence-corrected chi connectivity index (χ3v) is 6.89. The summed E-state index contributed by atoms with van der Waals surface area (Å²) in [7, 11) is 0. The van der Waals surface area contributed by atoms with Crippen LogP contribution in [0.15, 0.2) is 59.7 Å². The molecule has 2 aromatic heterocycles. The maximum absolute atomic E-state index is 12.3. The molecule has 0 saturated carbocycles. The van der Waals surface area contributed by atoms with Crippen LogP contribution in [-0.2, 0) is 27.2 Å². The molecule has 10 heteroatoms. The Morgan fingerprint density at radius 2 is 1.86 bits per heavy atom. The Hall–Kier alpha value is -3.50. The number of piperidine rings is 1. The lowest BCUT2D eigenvalue weighted by atomic mass is 9.98. The van der Waals surface area contributed by atoms with Crippen molar-refractivity contribution in [3.8, 4) is 0 Å². The summed E-state index contributed by atoms with van der Waals surface area (Å²) >= 11 is 1.54. The van der Waals surface area contributed by atoms with Crippen molar-refractivity contribution in [2.24, 2.45) is 11.7 Å². The second kappa shape index (κ2) is 14.3. The first-order valence-corrected chi connectivity index (χ1v) is 13.4. The normalized spacial score (nSPS) is 15.2. The molecule has 1 aliphatic heterocycles. The molecule has 3 heterocycles. The highest BCUT2D eigenvalue weighted by Crippen LogP contribution is 2.17. The lowest BCUT2D eigenvalue weighted by molar-refractivity contribution is -0.131. The van der Waals surface area contributed by atoms with Crippen LogP contribution in [0.25, 0.3) is 0 Å². The van der Waals surface area contributed by atoms with Crippen molar-refractivity contribution in [3.05, 3.63) is 70.8 Å². The van der Waals surface area contributed by atoms with Crippen LogP contribution < -0.4 is 16.4 Å². The van der Waals surface area contributed by atoms with E-state index in [2.05, 4.69) is 27.5 Å². The zero-order valence-corrected chi connectivity index (χ0v) is 22.2. The Balaban J connectivity index is 0.000000213. The summed E-state index contributed by atoms with van der Waals surface area (Å²) in [6.07, 6.45) is 6.22. The van der Waals surface area contributed by atoms with Crippen molar-refractivity contribution in [3.63, 3.8) is 0 Å². The molecular formula is C27H36N6O3S. The van der Waals surface area contributed by atoms with E-state index in [4.69, 9.17) is 5.73 Å². The molecule has 9 nitrogen and oxygen atoms in total. The fraction of sp³-hybridized carbons (Fsp3) is 0.407. The first kappa shape index (κ1) is 28.1. The lowest BCUT2D eigenvalue weighted by Crippen LogP contribution is -2.50. The van der Waals surface area contributed by atoms with Crippen LogP contribution in [0.2, 0.25) is 0 Å². The number of rotatable bonds is 8. The summed E-state index contributed by atoms with van der Waals surface area (Å²) in [6.45, 7) is 5.71. The Morgan fingerprint density at radius 3 is 2.46 bits per heavy atom. The molecule has 2 unspecified atom stereocenters. The maximum atomic E-state index is 12.3. The number of H-pyrrole nitrogens is 1. The Labute approximate surface area is 221 Å². The number of hydrogen-bond acceptors (Lipinski definition) is 6. The number of aromatic amines is 1. The highest BCUT2D eigenvalue weighted by atomic mass is 32.1. The van der Waals surface area contributed by atoms with Gasteiger partial charge in [-0.05, 0) is 53.6 Å². The minimum absolute atomic E-state index is 0.276. The summed E-state index contributed by atoms with van der Waals surface area (Å²) in [4.78, 5) is 44.6. The van der Waals surface area contributed by atoms with E-state index in [1.807, 2.05) is 52.1 Å². The minimum Gasteiger partial charge on any atom is -0.343 e. The predicted molar refractivity (Wildman–Crippen MR) is 146 cm³/mol. The van der Waals surface area contributed by atoms with Crippen LogP contribution in [0.5, 0.6) is 0 Å². The van der Waals surface area contributed by atoms with Gasteiger partial charge in [-0.2, -0.15) is 11.3 Å². The molecule has 0 bridgehead atoms. The molecule has 1 saturated heterocycles. The highest BCUT2D eigenvalue weighted by molar-refractivity contribution is 7.07. The number of likely N-dealkylation sites (tertiary alicyclic amines) is 1. The van der Waals surface area contributed by atoms with Gasteiger partial charge in [0.25, 0.3) is 0 Å². The first-order chi connectivity index (χ1) is 17.8. The van der Waals surface area contributed by atoms with Gasteiger partial charge in [-0.25, -0.2) is 4.98 Å². The summed E-state index contributed by atoms with van der Waals surface area (Å²) in [5.74, 6) is 0.846. The van der Waals surface area contributed by atoms with Gasteiger partial charge >= 0.3 is 0 Å². The van der Waals surface area contributed by atoms with Crippen molar-refractivity contribution in [2.45, 2.75) is 51.6 Å². The predicted octanol–water partition coefficient (Wildman–Crippen LogP) is 2.97. The van der Waals surface area contributed by atoms with E-state index in [9.17, 15) is 14.4 Å². The van der Waals surface area contributed by atoms with Gasteiger partial charge in [-0.1, -0.05) is 37.3 Å². The molecule has 1 aliphatic rings. The molecule has 3 amide bonds. The summed E-state index contributed by atoms with van der Waals surface area (Å²) < 4.78 is 0. The number of amides is 3. The first-order valence-electron chi connectivity index (χ1n) is 12.5. The number of aromatic nitrogens is 2. The SMILES string of the molecule is CC(N)C(=O)NC(Cc1ccsc1)C(=O)Nc1cnc[nH]1.CC1CCN(C(=O)Cc2ccccc2)CC1. The number of carbonyl (C=O) groups excluding carboxylic acids is 3.